The zero-order valence-corrected chi connectivity index (χ0v) is 16.1. The second-order valence-electron chi connectivity index (χ2n) is 7.92. The average molecular weight is 364 g/mol. The first-order chi connectivity index (χ1) is 12.4. The van der Waals surface area contributed by atoms with Crippen molar-refractivity contribution in [1.82, 2.24) is 0 Å². The van der Waals surface area contributed by atoms with E-state index in [0.29, 0.717) is 13.2 Å². The largest absolute Gasteiger partial charge is 0.489 e. The topological polar surface area (TPSA) is 68.2 Å². The lowest BCUT2D eigenvalue weighted by molar-refractivity contribution is -0.0629. The molecule has 1 unspecified atom stereocenters. The van der Waals surface area contributed by atoms with Gasteiger partial charge in [-0.1, -0.05) is 12.2 Å². The van der Waals surface area contributed by atoms with Crippen LogP contribution in [0.4, 0.5) is 0 Å². The minimum Gasteiger partial charge on any atom is -0.489 e. The molecule has 0 spiro atoms. The van der Waals surface area contributed by atoms with Crippen LogP contribution in [0.1, 0.15) is 46.0 Å². The highest BCUT2D eigenvalue weighted by molar-refractivity contribution is 5.32. The van der Waals surface area contributed by atoms with Crippen LogP contribution in [-0.4, -0.2) is 48.5 Å². The van der Waals surface area contributed by atoms with Crippen molar-refractivity contribution in [2.45, 2.75) is 63.9 Å². The van der Waals surface area contributed by atoms with Crippen LogP contribution in [0.2, 0.25) is 0 Å². The van der Waals surface area contributed by atoms with Crippen molar-refractivity contribution in [2.24, 2.45) is 11.8 Å². The summed E-state index contributed by atoms with van der Waals surface area (Å²) < 4.78 is 17.6. The van der Waals surface area contributed by atoms with Gasteiger partial charge in [-0.25, -0.2) is 0 Å². The van der Waals surface area contributed by atoms with Crippen LogP contribution < -0.4 is 0 Å². The van der Waals surface area contributed by atoms with E-state index in [1.165, 1.54) is 11.1 Å². The van der Waals surface area contributed by atoms with Gasteiger partial charge in [-0.15, -0.1) is 0 Å². The Morgan fingerprint density at radius 1 is 1.31 bits per heavy atom. The van der Waals surface area contributed by atoms with Gasteiger partial charge < -0.3 is 24.4 Å². The van der Waals surface area contributed by atoms with E-state index in [4.69, 9.17) is 14.2 Å². The molecule has 0 radical (unpaired) electrons. The second kappa shape index (κ2) is 8.26. The fraction of sp³-hybridized carbons (Fsp3) is 0.714. The molecule has 0 heterocycles. The SMILES string of the molecule is COCC1(O/C(=C/C(C)OCC2=CCCC=C2C)[C@@H]2C[C@H]2C(O)O)CC1. The Balaban J connectivity index is 1.61. The molecule has 5 nitrogen and oxygen atoms in total. The van der Waals surface area contributed by atoms with E-state index < -0.39 is 6.29 Å². The maximum Gasteiger partial charge on any atom is 0.155 e. The fourth-order valence-corrected chi connectivity index (χ4v) is 3.56. The molecule has 0 aromatic rings. The third-order valence-corrected chi connectivity index (χ3v) is 5.55. The predicted molar refractivity (Wildman–Crippen MR) is 99.3 cm³/mol. The van der Waals surface area contributed by atoms with Gasteiger partial charge in [0.25, 0.3) is 0 Å². The van der Waals surface area contributed by atoms with Crippen molar-refractivity contribution in [2.75, 3.05) is 20.3 Å². The average Bonchev–Trinajstić information content (AvgIpc) is 3.49. The summed E-state index contributed by atoms with van der Waals surface area (Å²) in [6, 6.07) is 0. The number of hydrogen-bond donors (Lipinski definition) is 2. The van der Waals surface area contributed by atoms with Crippen LogP contribution in [0.25, 0.3) is 0 Å². The highest BCUT2D eigenvalue weighted by Gasteiger charge is 2.51. The van der Waals surface area contributed by atoms with E-state index in [9.17, 15) is 10.2 Å². The number of hydrogen-bond acceptors (Lipinski definition) is 5. The summed E-state index contributed by atoms with van der Waals surface area (Å²) in [5.41, 5.74) is 2.32. The summed E-state index contributed by atoms with van der Waals surface area (Å²) in [6.45, 7) is 5.29. The van der Waals surface area contributed by atoms with Crippen molar-refractivity contribution in [1.29, 1.82) is 0 Å². The van der Waals surface area contributed by atoms with Crippen molar-refractivity contribution < 1.29 is 24.4 Å². The lowest BCUT2D eigenvalue weighted by Gasteiger charge is -2.22. The van der Waals surface area contributed by atoms with E-state index >= 15 is 0 Å². The quantitative estimate of drug-likeness (QED) is 0.461. The van der Waals surface area contributed by atoms with E-state index in [2.05, 4.69) is 19.1 Å². The van der Waals surface area contributed by atoms with E-state index in [1.807, 2.05) is 13.0 Å². The molecule has 2 N–H and O–H groups in total. The monoisotopic (exact) mass is 364 g/mol. The first-order valence-corrected chi connectivity index (χ1v) is 9.68. The van der Waals surface area contributed by atoms with Gasteiger partial charge in [-0.3, -0.25) is 0 Å². The number of rotatable bonds is 10. The van der Waals surface area contributed by atoms with Gasteiger partial charge in [0, 0.05) is 18.9 Å². The van der Waals surface area contributed by atoms with Crippen LogP contribution in [-0.2, 0) is 14.2 Å². The highest BCUT2D eigenvalue weighted by atomic mass is 16.5. The lowest BCUT2D eigenvalue weighted by atomic mass is 10.00. The molecule has 2 saturated carbocycles. The Morgan fingerprint density at radius 2 is 2.04 bits per heavy atom. The van der Waals surface area contributed by atoms with Gasteiger partial charge in [0.15, 0.2) is 6.29 Å². The Hall–Kier alpha value is -1.14. The number of aliphatic hydroxyl groups is 2. The van der Waals surface area contributed by atoms with E-state index in [1.54, 1.807) is 7.11 Å². The molecule has 0 aliphatic heterocycles. The number of aliphatic hydroxyl groups excluding tert-OH is 1. The van der Waals surface area contributed by atoms with Crippen molar-refractivity contribution in [3.05, 3.63) is 35.1 Å². The lowest BCUT2D eigenvalue weighted by Crippen LogP contribution is -2.23. The van der Waals surface area contributed by atoms with Crippen LogP contribution in [0.15, 0.2) is 35.1 Å². The van der Waals surface area contributed by atoms with Gasteiger partial charge >= 0.3 is 0 Å². The maximum atomic E-state index is 9.47. The highest BCUT2D eigenvalue weighted by Crippen LogP contribution is 2.51. The molecule has 3 aliphatic carbocycles. The second-order valence-corrected chi connectivity index (χ2v) is 7.92. The van der Waals surface area contributed by atoms with Gasteiger partial charge in [0.1, 0.15) is 5.60 Å². The first-order valence-electron chi connectivity index (χ1n) is 9.68. The third kappa shape index (κ3) is 4.97. The molecule has 0 amide bonds. The van der Waals surface area contributed by atoms with Crippen LogP contribution in [0.5, 0.6) is 0 Å². The first kappa shape index (κ1) is 19.6. The molecular weight excluding hydrogens is 332 g/mol. The van der Waals surface area contributed by atoms with Gasteiger partial charge in [-0.2, -0.15) is 0 Å². The standard InChI is InChI=1S/C21H32O5/c1-14-6-4-5-7-16(14)12-25-15(2)10-19(17-11-18(17)20(22)23)26-21(8-9-21)13-24-3/h6-7,10,15,17-18,20,22-23H,4-5,8-9,11-13H2,1-3H3/b19-10+/t15?,17-,18-/m1/s1. The maximum absolute atomic E-state index is 9.47. The molecule has 3 rings (SSSR count). The van der Waals surface area contributed by atoms with Crippen molar-refractivity contribution in [3.63, 3.8) is 0 Å². The molecule has 3 aliphatic rings. The Kier molecular flexibility index (Phi) is 6.23. The Labute approximate surface area is 156 Å². The Bertz CT molecular complexity index is 585. The summed E-state index contributed by atoms with van der Waals surface area (Å²) in [6.07, 6.45) is 10.00. The molecule has 2 fully saturated rings. The van der Waals surface area contributed by atoms with Crippen LogP contribution >= 0.6 is 0 Å². The van der Waals surface area contributed by atoms with Crippen molar-refractivity contribution >= 4 is 0 Å². The minimum atomic E-state index is -1.29. The van der Waals surface area contributed by atoms with E-state index in [0.717, 1.165) is 37.9 Å². The molecule has 5 heteroatoms. The predicted octanol–water partition coefficient (Wildman–Crippen LogP) is 3.08. The van der Waals surface area contributed by atoms with Gasteiger partial charge in [0.05, 0.1) is 25.1 Å². The number of ether oxygens (including phenoxy) is 3. The normalized spacial score (nSPS) is 28.5. The molecule has 0 aromatic heterocycles. The summed E-state index contributed by atoms with van der Waals surface area (Å²) >= 11 is 0. The minimum absolute atomic E-state index is 0.0610. The van der Waals surface area contributed by atoms with Gasteiger partial charge in [-0.05, 0) is 63.2 Å². The summed E-state index contributed by atoms with van der Waals surface area (Å²) in [7, 11) is 1.68. The molecular formula is C21H32O5. The third-order valence-electron chi connectivity index (χ3n) is 5.55. The number of allylic oxidation sites excluding steroid dienone is 3. The van der Waals surface area contributed by atoms with Crippen molar-refractivity contribution in [3.8, 4) is 0 Å². The molecule has 26 heavy (non-hydrogen) atoms. The molecule has 0 saturated heterocycles. The zero-order valence-electron chi connectivity index (χ0n) is 16.1. The summed E-state index contributed by atoms with van der Waals surface area (Å²) in [5, 5.41) is 18.9. The smallest absolute Gasteiger partial charge is 0.155 e. The summed E-state index contributed by atoms with van der Waals surface area (Å²) in [4.78, 5) is 0. The number of methoxy groups -OCH3 is 1. The molecule has 0 bridgehead atoms. The van der Waals surface area contributed by atoms with Crippen LogP contribution in [0, 0.1) is 11.8 Å². The van der Waals surface area contributed by atoms with E-state index in [-0.39, 0.29) is 23.5 Å². The summed E-state index contributed by atoms with van der Waals surface area (Å²) in [5.74, 6) is 0.749. The molecule has 0 aromatic carbocycles. The van der Waals surface area contributed by atoms with Gasteiger partial charge in [0.2, 0.25) is 0 Å². The fourth-order valence-electron chi connectivity index (χ4n) is 3.56. The Morgan fingerprint density at radius 3 is 2.62 bits per heavy atom. The molecule has 146 valence electrons. The molecule has 3 atom stereocenters. The van der Waals surface area contributed by atoms with Crippen LogP contribution in [0.3, 0.4) is 0 Å². The zero-order chi connectivity index (χ0) is 18.7.